The number of nitrogens with one attached hydrogen (secondary N) is 1. The number of tetrazole rings is 1. The Balaban J connectivity index is 1.40. The molecule has 2 aromatic carbocycles. The van der Waals surface area contributed by atoms with E-state index in [-0.39, 0.29) is 6.01 Å². The number of benzene rings is 2. The highest BCUT2D eigenvalue weighted by Crippen LogP contribution is 2.31. The summed E-state index contributed by atoms with van der Waals surface area (Å²) in [6.45, 7) is 0. The van der Waals surface area contributed by atoms with E-state index < -0.39 is 0 Å². The smallest absolute Gasteiger partial charge is 0.333 e. The summed E-state index contributed by atoms with van der Waals surface area (Å²) < 4.78 is 1.94. The van der Waals surface area contributed by atoms with Crippen LogP contribution in [0.1, 0.15) is 49.5 Å². The van der Waals surface area contributed by atoms with Crippen molar-refractivity contribution in [3.63, 3.8) is 0 Å². The van der Waals surface area contributed by atoms with Gasteiger partial charge in [0, 0.05) is 12.0 Å². The Morgan fingerprint density at radius 1 is 0.967 bits per heavy atom. The Morgan fingerprint density at radius 2 is 1.73 bits per heavy atom. The summed E-state index contributed by atoms with van der Waals surface area (Å²) in [7, 11) is 0. The molecule has 1 aliphatic rings. The lowest BCUT2D eigenvalue weighted by Crippen LogP contribution is -2.17. The number of hydrogen-bond donors (Lipinski definition) is 2. The zero-order valence-electron chi connectivity index (χ0n) is 16.6. The molecule has 30 heavy (non-hydrogen) atoms. The van der Waals surface area contributed by atoms with E-state index in [1.54, 1.807) is 0 Å². The first-order valence-corrected chi connectivity index (χ1v) is 10.3. The predicted octanol–water partition coefficient (Wildman–Crippen LogP) is 3.93. The van der Waals surface area contributed by atoms with Gasteiger partial charge in [-0.1, -0.05) is 67.8 Å². The van der Waals surface area contributed by atoms with Crippen LogP contribution in [0.2, 0.25) is 0 Å². The molecule has 2 N–H and O–H groups in total. The summed E-state index contributed by atoms with van der Waals surface area (Å²) in [4.78, 5) is 4.29. The minimum absolute atomic E-state index is 0.137. The van der Waals surface area contributed by atoms with Crippen molar-refractivity contribution in [2.75, 3.05) is 0 Å². The zero-order valence-corrected chi connectivity index (χ0v) is 16.6. The monoisotopic (exact) mass is 401 g/mol. The molecule has 152 valence electrons. The van der Waals surface area contributed by atoms with Crippen molar-refractivity contribution in [2.24, 2.45) is 0 Å². The van der Waals surface area contributed by atoms with E-state index in [0.29, 0.717) is 18.3 Å². The van der Waals surface area contributed by atoms with E-state index in [1.807, 2.05) is 22.9 Å². The van der Waals surface area contributed by atoms with Crippen molar-refractivity contribution >= 4 is 0 Å². The van der Waals surface area contributed by atoms with Gasteiger partial charge in [0.1, 0.15) is 5.82 Å². The molecule has 0 atom stereocenters. The molecule has 5 rings (SSSR count). The van der Waals surface area contributed by atoms with Gasteiger partial charge in [-0.2, -0.15) is 4.98 Å². The van der Waals surface area contributed by atoms with Crippen LogP contribution in [0.15, 0.2) is 48.5 Å². The van der Waals surface area contributed by atoms with E-state index in [0.717, 1.165) is 40.9 Å². The molecule has 1 aliphatic carbocycles. The van der Waals surface area contributed by atoms with Crippen LogP contribution in [0.25, 0.3) is 22.5 Å². The first-order chi connectivity index (χ1) is 14.8. The van der Waals surface area contributed by atoms with Crippen molar-refractivity contribution < 1.29 is 5.11 Å². The maximum atomic E-state index is 9.89. The van der Waals surface area contributed by atoms with Gasteiger partial charge in [-0.05, 0) is 40.0 Å². The first-order valence-electron chi connectivity index (χ1n) is 10.3. The second kappa shape index (κ2) is 8.06. The summed E-state index contributed by atoms with van der Waals surface area (Å²) in [5.74, 6) is 1.46. The lowest BCUT2D eigenvalue weighted by molar-refractivity contribution is 0.315. The Bertz CT molecular complexity index is 1110. The highest BCUT2D eigenvalue weighted by molar-refractivity contribution is 5.80. The number of H-pyrrole nitrogens is 1. The molecule has 8 nitrogen and oxygen atoms in total. The summed E-state index contributed by atoms with van der Waals surface area (Å²) in [6, 6.07) is 16.6. The van der Waals surface area contributed by atoms with Crippen LogP contribution in [0.5, 0.6) is 6.01 Å². The average molecular weight is 401 g/mol. The number of rotatable bonds is 5. The van der Waals surface area contributed by atoms with Gasteiger partial charge < -0.3 is 5.11 Å². The van der Waals surface area contributed by atoms with Crippen molar-refractivity contribution in [1.82, 2.24) is 35.4 Å². The van der Waals surface area contributed by atoms with Crippen LogP contribution in [-0.2, 0) is 6.42 Å². The number of aromatic hydroxyl groups is 1. The Morgan fingerprint density at radius 3 is 2.47 bits per heavy atom. The van der Waals surface area contributed by atoms with E-state index in [2.05, 4.69) is 61.0 Å². The molecule has 8 heteroatoms. The Kier molecular flexibility index (Phi) is 4.96. The van der Waals surface area contributed by atoms with Crippen LogP contribution < -0.4 is 0 Å². The molecule has 0 aliphatic heterocycles. The third-order valence-electron chi connectivity index (χ3n) is 5.77. The van der Waals surface area contributed by atoms with Crippen molar-refractivity contribution in [2.45, 2.75) is 44.6 Å². The van der Waals surface area contributed by atoms with Crippen LogP contribution in [0.3, 0.4) is 0 Å². The largest absolute Gasteiger partial charge is 0.478 e. The summed E-state index contributed by atoms with van der Waals surface area (Å²) in [5, 5.41) is 28.4. The van der Waals surface area contributed by atoms with Crippen LogP contribution in [-0.4, -0.2) is 40.5 Å². The third kappa shape index (κ3) is 3.68. The van der Waals surface area contributed by atoms with Crippen molar-refractivity contribution in [3.05, 3.63) is 59.9 Å². The Labute approximate surface area is 174 Å². The van der Waals surface area contributed by atoms with Gasteiger partial charge in [-0.25, -0.2) is 9.78 Å². The van der Waals surface area contributed by atoms with Crippen molar-refractivity contribution in [1.29, 1.82) is 0 Å². The average Bonchev–Trinajstić information content (AvgIpc) is 3.45. The number of aromatic amines is 1. The molecule has 4 aromatic rings. The topological polar surface area (TPSA) is 105 Å². The molecular weight excluding hydrogens is 378 g/mol. The predicted molar refractivity (Wildman–Crippen MR) is 112 cm³/mol. The summed E-state index contributed by atoms with van der Waals surface area (Å²) in [6.07, 6.45) is 6.53. The SMILES string of the molecule is Oc1nc(Cc2ccc(-c3ccccc3-c3nnn[nH]3)cc2)n(C2CCCCC2)n1. The van der Waals surface area contributed by atoms with Gasteiger partial charge in [0.25, 0.3) is 0 Å². The third-order valence-corrected chi connectivity index (χ3v) is 5.77. The maximum absolute atomic E-state index is 9.89. The van der Waals surface area contributed by atoms with Crippen LogP contribution in [0, 0.1) is 0 Å². The Hall–Kier alpha value is -3.55. The van der Waals surface area contributed by atoms with E-state index in [9.17, 15) is 5.11 Å². The normalized spacial score (nSPS) is 14.8. The first kappa shape index (κ1) is 18.5. The van der Waals surface area contributed by atoms with Crippen LogP contribution >= 0.6 is 0 Å². The lowest BCUT2D eigenvalue weighted by Gasteiger charge is -2.23. The second-order valence-electron chi connectivity index (χ2n) is 7.73. The highest BCUT2D eigenvalue weighted by Gasteiger charge is 2.21. The van der Waals surface area contributed by atoms with Gasteiger partial charge in [-0.3, -0.25) is 0 Å². The molecule has 0 radical (unpaired) electrons. The highest BCUT2D eigenvalue weighted by atomic mass is 16.3. The minimum atomic E-state index is -0.137. The molecule has 0 unspecified atom stereocenters. The summed E-state index contributed by atoms with van der Waals surface area (Å²) in [5.41, 5.74) is 4.23. The van der Waals surface area contributed by atoms with E-state index in [1.165, 1.54) is 19.3 Å². The van der Waals surface area contributed by atoms with E-state index in [4.69, 9.17) is 0 Å². The molecule has 2 heterocycles. The van der Waals surface area contributed by atoms with Gasteiger partial charge in [0.05, 0.1) is 6.04 Å². The second-order valence-corrected chi connectivity index (χ2v) is 7.73. The van der Waals surface area contributed by atoms with Gasteiger partial charge in [0.2, 0.25) is 0 Å². The lowest BCUT2D eigenvalue weighted by atomic mass is 9.95. The number of aromatic nitrogens is 7. The molecule has 0 saturated heterocycles. The fourth-order valence-corrected chi connectivity index (χ4v) is 4.28. The quantitative estimate of drug-likeness (QED) is 0.525. The molecule has 0 bridgehead atoms. The summed E-state index contributed by atoms with van der Waals surface area (Å²) >= 11 is 0. The number of hydrogen-bond acceptors (Lipinski definition) is 6. The standard InChI is InChI=1S/C22H23N7O/c30-22-23-20(29(26-22)17-6-2-1-3-7-17)14-15-10-12-16(13-11-15)18-8-4-5-9-19(18)21-24-27-28-25-21/h4-5,8-13,17H,1-3,6-7,14H2,(H,26,30)(H,24,25,27,28). The maximum Gasteiger partial charge on any atom is 0.333 e. The molecule has 0 amide bonds. The van der Waals surface area contributed by atoms with E-state index >= 15 is 0 Å². The number of nitrogens with zero attached hydrogens (tertiary/aromatic N) is 6. The fraction of sp³-hybridized carbons (Fsp3) is 0.318. The van der Waals surface area contributed by atoms with Crippen molar-refractivity contribution in [3.8, 4) is 28.5 Å². The van der Waals surface area contributed by atoms with Gasteiger partial charge >= 0.3 is 6.01 Å². The molecule has 2 aromatic heterocycles. The molecule has 1 saturated carbocycles. The minimum Gasteiger partial charge on any atom is -0.478 e. The van der Waals surface area contributed by atoms with Gasteiger partial charge in [-0.15, -0.1) is 10.2 Å². The molecule has 0 spiro atoms. The fourth-order valence-electron chi connectivity index (χ4n) is 4.28. The zero-order chi connectivity index (χ0) is 20.3. The molecule has 1 fully saturated rings. The van der Waals surface area contributed by atoms with Crippen LogP contribution in [0.4, 0.5) is 0 Å². The van der Waals surface area contributed by atoms with Gasteiger partial charge in [0.15, 0.2) is 5.82 Å². The molecular formula is C22H23N7O.